The maximum absolute atomic E-state index is 13.7. The number of aromatic amines is 1. The molecule has 158 valence electrons. The van der Waals surface area contributed by atoms with E-state index in [9.17, 15) is 23.5 Å². The maximum atomic E-state index is 13.7. The third-order valence-electron chi connectivity index (χ3n) is 5.41. The number of carboxylic acid groups (broad SMARTS) is 1. The van der Waals surface area contributed by atoms with Gasteiger partial charge in [0.15, 0.2) is 11.6 Å². The van der Waals surface area contributed by atoms with Crippen molar-refractivity contribution >= 4 is 17.6 Å². The van der Waals surface area contributed by atoms with Crippen LogP contribution in [0.15, 0.2) is 60.8 Å². The molecule has 2 heterocycles. The van der Waals surface area contributed by atoms with E-state index >= 15 is 0 Å². The number of aromatic carboxylic acids is 1. The summed E-state index contributed by atoms with van der Waals surface area (Å²) in [5, 5.41) is 19.8. The van der Waals surface area contributed by atoms with E-state index in [4.69, 9.17) is 0 Å². The highest BCUT2D eigenvalue weighted by Crippen LogP contribution is 2.35. The van der Waals surface area contributed by atoms with Gasteiger partial charge in [0.25, 0.3) is 5.91 Å². The Kier molecular flexibility index (Phi) is 4.51. The van der Waals surface area contributed by atoms with Crippen LogP contribution in [0.3, 0.4) is 0 Å². The number of aromatic nitrogens is 3. The zero-order valence-electron chi connectivity index (χ0n) is 16.3. The molecule has 4 aromatic rings. The van der Waals surface area contributed by atoms with Crippen LogP contribution in [0.25, 0.3) is 22.4 Å². The van der Waals surface area contributed by atoms with Gasteiger partial charge in [0.1, 0.15) is 0 Å². The van der Waals surface area contributed by atoms with Gasteiger partial charge in [-0.05, 0) is 47.0 Å². The molecule has 0 unspecified atom stereocenters. The molecule has 0 aliphatic carbocycles. The Hall–Kier alpha value is -4.40. The van der Waals surface area contributed by atoms with E-state index in [2.05, 4.69) is 15.4 Å². The largest absolute Gasteiger partial charge is 0.478 e. The Bertz CT molecular complexity index is 1390. The van der Waals surface area contributed by atoms with Crippen LogP contribution in [0.4, 0.5) is 14.5 Å². The minimum absolute atomic E-state index is 0.0736. The van der Waals surface area contributed by atoms with Crippen molar-refractivity contribution in [3.05, 3.63) is 89.1 Å². The minimum atomic E-state index is -1.20. The molecule has 0 radical (unpaired) electrons. The molecule has 0 saturated carbocycles. The molecule has 0 spiro atoms. The summed E-state index contributed by atoms with van der Waals surface area (Å²) in [4.78, 5) is 26.4. The number of H-pyrrole nitrogens is 1. The highest BCUT2D eigenvalue weighted by molar-refractivity contribution is 6.13. The molecule has 1 amide bonds. The number of hydrogen-bond acceptors (Lipinski definition) is 4. The molecule has 1 aliphatic heterocycles. The third kappa shape index (κ3) is 3.20. The second kappa shape index (κ2) is 7.38. The fourth-order valence-corrected chi connectivity index (χ4v) is 3.79. The number of amides is 1. The fraction of sp³-hybridized carbons (Fsp3) is 0.0435. The van der Waals surface area contributed by atoms with Gasteiger partial charge >= 0.3 is 5.97 Å². The molecule has 1 aromatic heterocycles. The van der Waals surface area contributed by atoms with Crippen molar-refractivity contribution in [1.82, 2.24) is 15.4 Å². The van der Waals surface area contributed by atoms with Crippen LogP contribution < -0.4 is 4.90 Å². The van der Waals surface area contributed by atoms with E-state index < -0.39 is 17.6 Å². The second-order valence-electron chi connectivity index (χ2n) is 7.30. The van der Waals surface area contributed by atoms with Crippen molar-refractivity contribution in [1.29, 1.82) is 0 Å². The first kappa shape index (κ1) is 19.6. The lowest BCUT2D eigenvalue weighted by atomic mass is 10.0. The molecule has 0 atom stereocenters. The number of rotatable bonds is 4. The van der Waals surface area contributed by atoms with Crippen LogP contribution >= 0.6 is 0 Å². The van der Waals surface area contributed by atoms with Crippen LogP contribution in [0.1, 0.15) is 26.3 Å². The highest BCUT2D eigenvalue weighted by Gasteiger charge is 2.31. The van der Waals surface area contributed by atoms with Gasteiger partial charge in [-0.3, -0.25) is 9.89 Å². The Morgan fingerprint density at radius 1 is 0.969 bits per heavy atom. The topological polar surface area (TPSA) is 99.2 Å². The average Bonchev–Trinajstić information content (AvgIpc) is 3.43. The van der Waals surface area contributed by atoms with Crippen molar-refractivity contribution in [3.8, 4) is 22.4 Å². The van der Waals surface area contributed by atoms with Crippen molar-refractivity contribution in [2.24, 2.45) is 0 Å². The number of benzene rings is 3. The molecular formula is C23H14F2N4O3. The van der Waals surface area contributed by atoms with Crippen LogP contribution in [0.5, 0.6) is 0 Å². The zero-order chi connectivity index (χ0) is 22.4. The summed E-state index contributed by atoms with van der Waals surface area (Å²) in [5.74, 6) is -3.56. The van der Waals surface area contributed by atoms with E-state index in [1.165, 1.54) is 35.4 Å². The summed E-state index contributed by atoms with van der Waals surface area (Å²) in [7, 11) is 0. The van der Waals surface area contributed by atoms with Gasteiger partial charge < -0.3 is 10.0 Å². The zero-order valence-corrected chi connectivity index (χ0v) is 16.3. The van der Waals surface area contributed by atoms with E-state index in [0.29, 0.717) is 22.4 Å². The molecule has 5 rings (SSSR count). The molecule has 0 fully saturated rings. The summed E-state index contributed by atoms with van der Waals surface area (Å²) in [6.45, 7) is 0.178. The second-order valence-corrected chi connectivity index (χ2v) is 7.30. The van der Waals surface area contributed by atoms with E-state index in [1.807, 2.05) is 6.07 Å². The average molecular weight is 432 g/mol. The quantitative estimate of drug-likeness (QED) is 0.502. The molecule has 7 nitrogen and oxygen atoms in total. The smallest absolute Gasteiger partial charge is 0.337 e. The molecule has 32 heavy (non-hydrogen) atoms. The van der Waals surface area contributed by atoms with Gasteiger partial charge in [0.2, 0.25) is 0 Å². The Morgan fingerprint density at radius 3 is 2.44 bits per heavy atom. The lowest BCUT2D eigenvalue weighted by Gasteiger charge is -2.19. The van der Waals surface area contributed by atoms with Gasteiger partial charge in [-0.25, -0.2) is 13.6 Å². The van der Waals surface area contributed by atoms with Gasteiger partial charge in [0, 0.05) is 11.1 Å². The maximum Gasteiger partial charge on any atom is 0.337 e. The van der Waals surface area contributed by atoms with E-state index in [0.717, 1.165) is 23.3 Å². The molecule has 3 aromatic carbocycles. The Morgan fingerprint density at radius 2 is 1.72 bits per heavy atom. The third-order valence-corrected chi connectivity index (χ3v) is 5.41. The first-order valence-electron chi connectivity index (χ1n) is 9.56. The monoisotopic (exact) mass is 432 g/mol. The normalized spacial score (nSPS) is 12.8. The SMILES string of the molecule is O=C(O)c1ccc(-c2ccc(F)c(F)c2)cc1N1Cc2ccc(-c3cnn[nH]3)cc2C1=O. The van der Waals surface area contributed by atoms with Crippen molar-refractivity contribution in [3.63, 3.8) is 0 Å². The number of fused-ring (bicyclic) bond motifs is 1. The standard InChI is InChI=1S/C23H14F2N4O3/c24-18-6-4-12(8-19(18)25)13-3-5-16(23(31)32)21(9-13)29-11-15-2-1-14(7-17(15)22(29)30)20-10-26-28-27-20/h1-10H,11H2,(H,31,32)(H,26,27,28). The van der Waals surface area contributed by atoms with Gasteiger partial charge in [-0.2, -0.15) is 0 Å². The number of halogens is 2. The van der Waals surface area contributed by atoms with Gasteiger partial charge in [0.05, 0.1) is 29.7 Å². The lowest BCUT2D eigenvalue weighted by Crippen LogP contribution is -2.25. The number of nitrogens with one attached hydrogen (secondary N) is 1. The minimum Gasteiger partial charge on any atom is -0.478 e. The molecule has 0 saturated heterocycles. The summed E-state index contributed by atoms with van der Waals surface area (Å²) in [6, 6.07) is 13.1. The highest BCUT2D eigenvalue weighted by atomic mass is 19.2. The van der Waals surface area contributed by atoms with Crippen LogP contribution in [-0.2, 0) is 6.54 Å². The Balaban J connectivity index is 1.57. The summed E-state index contributed by atoms with van der Waals surface area (Å²) in [6.07, 6.45) is 1.53. The number of carbonyl (C=O) groups is 2. The molecule has 2 N–H and O–H groups in total. The molecule has 1 aliphatic rings. The van der Waals surface area contributed by atoms with Gasteiger partial charge in [-0.1, -0.05) is 29.5 Å². The lowest BCUT2D eigenvalue weighted by molar-refractivity contribution is 0.0697. The number of carboxylic acids is 1. The van der Waals surface area contributed by atoms with Crippen LogP contribution in [-0.4, -0.2) is 32.4 Å². The summed E-state index contributed by atoms with van der Waals surface area (Å²) < 4.78 is 27.1. The predicted octanol–water partition coefficient (Wildman–Crippen LogP) is 4.28. The molecular weight excluding hydrogens is 418 g/mol. The van der Waals surface area contributed by atoms with Crippen molar-refractivity contribution < 1.29 is 23.5 Å². The number of nitrogens with zero attached hydrogens (tertiary/aromatic N) is 3. The van der Waals surface area contributed by atoms with Gasteiger partial charge in [-0.15, -0.1) is 5.10 Å². The summed E-state index contributed by atoms with van der Waals surface area (Å²) >= 11 is 0. The molecule has 0 bridgehead atoms. The van der Waals surface area contributed by atoms with Crippen LogP contribution in [0, 0.1) is 11.6 Å². The van der Waals surface area contributed by atoms with Crippen molar-refractivity contribution in [2.45, 2.75) is 6.54 Å². The predicted molar refractivity (Wildman–Crippen MR) is 111 cm³/mol. The number of carbonyl (C=O) groups excluding carboxylic acids is 1. The van der Waals surface area contributed by atoms with Crippen molar-refractivity contribution in [2.75, 3.05) is 4.90 Å². The van der Waals surface area contributed by atoms with E-state index in [1.54, 1.807) is 12.1 Å². The Labute approximate surface area is 179 Å². The number of anilines is 1. The summed E-state index contributed by atoms with van der Waals surface area (Å²) in [5.41, 5.74) is 3.45. The first-order valence-corrected chi connectivity index (χ1v) is 9.56. The van der Waals surface area contributed by atoms with Crippen LogP contribution in [0.2, 0.25) is 0 Å². The van der Waals surface area contributed by atoms with E-state index in [-0.39, 0.29) is 23.7 Å². The molecule has 9 heteroatoms. The number of hydrogen-bond donors (Lipinski definition) is 2. The fourth-order valence-electron chi connectivity index (χ4n) is 3.79. The first-order chi connectivity index (χ1) is 15.4.